The number of methoxy groups -OCH3 is 1. The predicted octanol–water partition coefficient (Wildman–Crippen LogP) is 2.41. The number of nitrogens with zero attached hydrogens (tertiary/aromatic N) is 3. The first kappa shape index (κ1) is 22.7. The molecule has 1 aliphatic rings. The molecular formula is C22H27N3O5S. The number of thiazole rings is 1. The molecular weight excluding hydrogens is 418 g/mol. The number of hydrogen-bond donors (Lipinski definition) is 0. The molecule has 0 aliphatic carbocycles. The summed E-state index contributed by atoms with van der Waals surface area (Å²) in [5, 5.41) is 1.87. The number of benzene rings is 1. The molecule has 0 saturated carbocycles. The summed E-state index contributed by atoms with van der Waals surface area (Å²) < 4.78 is 12.0. The normalized spacial score (nSPS) is 15.1. The van der Waals surface area contributed by atoms with Crippen LogP contribution in [0.5, 0.6) is 5.75 Å². The molecule has 1 fully saturated rings. The molecule has 1 aromatic carbocycles. The largest absolute Gasteiger partial charge is 0.497 e. The maximum absolute atomic E-state index is 12.9. The van der Waals surface area contributed by atoms with Crippen molar-refractivity contribution in [3.05, 3.63) is 45.7 Å². The van der Waals surface area contributed by atoms with Crippen molar-refractivity contribution in [1.82, 2.24) is 9.47 Å². The van der Waals surface area contributed by atoms with E-state index in [0.29, 0.717) is 48.7 Å². The molecule has 9 heteroatoms. The molecule has 0 spiro atoms. The van der Waals surface area contributed by atoms with Gasteiger partial charge in [-0.2, -0.15) is 4.99 Å². The van der Waals surface area contributed by atoms with Crippen molar-refractivity contribution in [2.24, 2.45) is 10.9 Å². The van der Waals surface area contributed by atoms with E-state index in [1.807, 2.05) is 12.3 Å². The Labute approximate surface area is 185 Å². The van der Waals surface area contributed by atoms with Crippen molar-refractivity contribution in [2.45, 2.75) is 33.2 Å². The van der Waals surface area contributed by atoms with Gasteiger partial charge in [-0.25, -0.2) is 0 Å². The molecule has 1 aliphatic heterocycles. The molecule has 2 heterocycles. The lowest BCUT2D eigenvalue weighted by Gasteiger charge is -2.31. The summed E-state index contributed by atoms with van der Waals surface area (Å²) in [4.78, 5) is 43.8. The summed E-state index contributed by atoms with van der Waals surface area (Å²) >= 11 is 1.32. The van der Waals surface area contributed by atoms with Gasteiger partial charge in [0.05, 0.1) is 19.6 Å². The highest BCUT2D eigenvalue weighted by Crippen LogP contribution is 2.19. The van der Waals surface area contributed by atoms with Crippen molar-refractivity contribution in [1.29, 1.82) is 0 Å². The highest BCUT2D eigenvalue weighted by Gasteiger charge is 2.28. The molecule has 1 saturated heterocycles. The molecule has 8 nitrogen and oxygen atoms in total. The molecule has 0 atom stereocenters. The van der Waals surface area contributed by atoms with Crippen LogP contribution in [0.4, 0.5) is 0 Å². The second-order valence-electron chi connectivity index (χ2n) is 7.30. The summed E-state index contributed by atoms with van der Waals surface area (Å²) in [6, 6.07) is 6.81. The smallest absolute Gasteiger partial charge is 0.309 e. The maximum atomic E-state index is 12.9. The van der Waals surface area contributed by atoms with Gasteiger partial charge < -0.3 is 18.9 Å². The van der Waals surface area contributed by atoms with E-state index in [2.05, 4.69) is 4.99 Å². The summed E-state index contributed by atoms with van der Waals surface area (Å²) in [5.41, 5.74) is 1.28. The van der Waals surface area contributed by atoms with E-state index in [9.17, 15) is 14.4 Å². The minimum Gasteiger partial charge on any atom is -0.497 e. The van der Waals surface area contributed by atoms with Gasteiger partial charge in [-0.05, 0) is 44.9 Å². The van der Waals surface area contributed by atoms with Gasteiger partial charge in [0.15, 0.2) is 4.80 Å². The number of aryl methyl sites for hydroxylation is 1. The van der Waals surface area contributed by atoms with Crippen LogP contribution in [0.15, 0.2) is 34.6 Å². The van der Waals surface area contributed by atoms with Crippen molar-refractivity contribution < 1.29 is 23.9 Å². The van der Waals surface area contributed by atoms with E-state index in [-0.39, 0.29) is 24.3 Å². The second kappa shape index (κ2) is 10.4. The molecule has 0 bridgehead atoms. The van der Waals surface area contributed by atoms with E-state index < -0.39 is 5.91 Å². The number of amides is 2. The van der Waals surface area contributed by atoms with Crippen LogP contribution in [-0.2, 0) is 20.9 Å². The van der Waals surface area contributed by atoms with Crippen molar-refractivity contribution in [3.8, 4) is 5.75 Å². The molecule has 2 amide bonds. The van der Waals surface area contributed by atoms with Gasteiger partial charge in [0, 0.05) is 29.7 Å². The number of carbonyl (C=O) groups excluding carboxylic acids is 3. The average molecular weight is 446 g/mol. The number of aromatic nitrogens is 1. The van der Waals surface area contributed by atoms with E-state index >= 15 is 0 Å². The fourth-order valence-corrected chi connectivity index (χ4v) is 4.34. The highest BCUT2D eigenvalue weighted by molar-refractivity contribution is 7.07. The molecule has 2 aromatic rings. The van der Waals surface area contributed by atoms with Crippen LogP contribution in [-0.4, -0.2) is 54.1 Å². The van der Waals surface area contributed by atoms with Crippen LogP contribution in [0.1, 0.15) is 35.8 Å². The van der Waals surface area contributed by atoms with Gasteiger partial charge in [-0.15, -0.1) is 11.3 Å². The van der Waals surface area contributed by atoms with Gasteiger partial charge in [0.25, 0.3) is 5.91 Å². The minimum atomic E-state index is -0.391. The molecule has 1 aromatic heterocycles. The SMILES string of the molecule is CCOC(=O)C1CCN(C(=O)Cn2c(C)csc2=NC(=O)c2cccc(OC)c2)CC1. The number of likely N-dealkylation sites (tertiary alicyclic amines) is 1. The maximum Gasteiger partial charge on any atom is 0.309 e. The average Bonchev–Trinajstić information content (AvgIpc) is 3.12. The van der Waals surface area contributed by atoms with Gasteiger partial charge >= 0.3 is 5.97 Å². The second-order valence-corrected chi connectivity index (χ2v) is 8.14. The van der Waals surface area contributed by atoms with Crippen LogP contribution >= 0.6 is 11.3 Å². The number of esters is 1. The van der Waals surface area contributed by atoms with Crippen molar-refractivity contribution in [2.75, 3.05) is 26.8 Å². The summed E-state index contributed by atoms with van der Waals surface area (Å²) in [5.74, 6) is -0.200. The summed E-state index contributed by atoms with van der Waals surface area (Å²) in [7, 11) is 1.54. The van der Waals surface area contributed by atoms with Crippen molar-refractivity contribution in [3.63, 3.8) is 0 Å². The van der Waals surface area contributed by atoms with Crippen LogP contribution in [0, 0.1) is 12.8 Å². The van der Waals surface area contributed by atoms with Crippen LogP contribution in [0.2, 0.25) is 0 Å². The molecule has 166 valence electrons. The fraction of sp³-hybridized carbons (Fsp3) is 0.455. The Bertz CT molecular complexity index is 1020. The topological polar surface area (TPSA) is 90.2 Å². The van der Waals surface area contributed by atoms with E-state index in [4.69, 9.17) is 9.47 Å². The Morgan fingerprint density at radius 2 is 1.97 bits per heavy atom. The minimum absolute atomic E-state index is 0.0564. The molecule has 0 unspecified atom stereocenters. The Morgan fingerprint density at radius 3 is 2.65 bits per heavy atom. The third-order valence-electron chi connectivity index (χ3n) is 5.27. The van der Waals surface area contributed by atoms with Crippen LogP contribution in [0.3, 0.4) is 0 Å². The lowest BCUT2D eigenvalue weighted by Crippen LogP contribution is -2.43. The Kier molecular flexibility index (Phi) is 7.62. The van der Waals surface area contributed by atoms with Crippen molar-refractivity contribution >= 4 is 29.1 Å². The zero-order valence-corrected chi connectivity index (χ0v) is 18.8. The number of carbonyl (C=O) groups is 3. The summed E-state index contributed by atoms with van der Waals surface area (Å²) in [6.07, 6.45) is 1.20. The Balaban J connectivity index is 1.70. The molecule has 0 radical (unpaired) electrons. The molecule has 0 N–H and O–H groups in total. The number of hydrogen-bond acceptors (Lipinski definition) is 6. The first-order valence-electron chi connectivity index (χ1n) is 10.2. The number of ether oxygens (including phenoxy) is 2. The Morgan fingerprint density at radius 1 is 1.23 bits per heavy atom. The number of piperidine rings is 1. The van der Waals surface area contributed by atoms with Gasteiger partial charge in [-0.1, -0.05) is 6.07 Å². The van der Waals surface area contributed by atoms with E-state index in [0.717, 1.165) is 5.69 Å². The lowest BCUT2D eigenvalue weighted by molar-refractivity contribution is -0.151. The van der Waals surface area contributed by atoms with E-state index in [1.54, 1.807) is 47.8 Å². The third kappa shape index (κ3) is 5.61. The zero-order valence-electron chi connectivity index (χ0n) is 18.0. The Hall–Kier alpha value is -2.94. The highest BCUT2D eigenvalue weighted by atomic mass is 32.1. The molecule has 31 heavy (non-hydrogen) atoms. The lowest BCUT2D eigenvalue weighted by atomic mass is 9.97. The zero-order chi connectivity index (χ0) is 22.4. The molecule has 3 rings (SSSR count). The first-order valence-corrected chi connectivity index (χ1v) is 11.1. The monoisotopic (exact) mass is 445 g/mol. The van der Waals surface area contributed by atoms with E-state index in [1.165, 1.54) is 11.3 Å². The predicted molar refractivity (Wildman–Crippen MR) is 116 cm³/mol. The van der Waals surface area contributed by atoms with Crippen LogP contribution in [0.25, 0.3) is 0 Å². The van der Waals surface area contributed by atoms with Crippen LogP contribution < -0.4 is 9.54 Å². The quantitative estimate of drug-likeness (QED) is 0.637. The summed E-state index contributed by atoms with van der Waals surface area (Å²) in [6.45, 7) is 5.17. The van der Waals surface area contributed by atoms with Gasteiger partial charge in [0.1, 0.15) is 12.3 Å². The van der Waals surface area contributed by atoms with Gasteiger partial charge in [0.2, 0.25) is 5.91 Å². The first-order chi connectivity index (χ1) is 14.9. The fourth-order valence-electron chi connectivity index (χ4n) is 3.46. The number of rotatable bonds is 6. The standard InChI is InChI=1S/C22H27N3O5S/c1-4-30-21(28)16-8-10-24(11-9-16)19(26)13-25-15(2)14-31-22(25)23-20(27)17-6-5-7-18(12-17)29-3/h5-7,12,14,16H,4,8-11,13H2,1-3H3. The van der Waals surface area contributed by atoms with Gasteiger partial charge in [-0.3, -0.25) is 14.4 Å². The third-order valence-corrected chi connectivity index (χ3v) is 6.25.